The summed E-state index contributed by atoms with van der Waals surface area (Å²) in [4.78, 5) is 42.3. The minimum atomic E-state index is -1.08. The van der Waals surface area contributed by atoms with Crippen molar-refractivity contribution in [3.8, 4) is 5.75 Å². The number of carbonyl (C=O) groups is 2. The Bertz CT molecular complexity index is 2500. The second-order valence-corrected chi connectivity index (χ2v) is 17.9. The maximum absolute atomic E-state index is 14.9. The van der Waals surface area contributed by atoms with Gasteiger partial charge in [-0.2, -0.15) is 0 Å². The molecular weight excluding hydrogens is 749 g/mol. The third kappa shape index (κ3) is 7.99. The average Bonchev–Trinajstić information content (AvgIpc) is 3.25. The van der Waals surface area contributed by atoms with Gasteiger partial charge >= 0.3 is 17.6 Å². The van der Waals surface area contributed by atoms with Gasteiger partial charge in [0.15, 0.2) is 12.2 Å². The molecule has 5 aromatic rings. The molecule has 1 saturated carbocycles. The summed E-state index contributed by atoms with van der Waals surface area (Å²) in [6.45, 7) is 5.89. The Hall–Kier alpha value is -5.69. The number of allylic oxidation sites excluding steroid dienone is 3. The van der Waals surface area contributed by atoms with Crippen LogP contribution >= 0.6 is 0 Å². The fourth-order valence-corrected chi connectivity index (χ4v) is 10.4. The fraction of sp³-hybridized carbons (Fsp3) is 0.377. The number of aryl methyl sites for hydroxylation is 1. The first kappa shape index (κ1) is 39.8. The third-order valence-corrected chi connectivity index (χ3v) is 13.7. The van der Waals surface area contributed by atoms with Gasteiger partial charge in [-0.25, -0.2) is 9.59 Å². The molecule has 7 heteroatoms. The predicted molar refractivity (Wildman–Crippen MR) is 233 cm³/mol. The number of fused-ring (bicyclic) bond motifs is 11. The summed E-state index contributed by atoms with van der Waals surface area (Å²) < 4.78 is 26.4. The van der Waals surface area contributed by atoms with Crippen molar-refractivity contribution in [1.82, 2.24) is 0 Å². The number of hydrogen-bond donors (Lipinski definition) is 0. The molecule has 4 heterocycles. The van der Waals surface area contributed by atoms with Gasteiger partial charge in [0.2, 0.25) is 0 Å². The summed E-state index contributed by atoms with van der Waals surface area (Å²) in [5.74, 6) is -0.344. The molecule has 6 unspecified atom stereocenters. The molecule has 0 N–H and O–H groups in total. The van der Waals surface area contributed by atoms with E-state index >= 15 is 0 Å². The second-order valence-electron chi connectivity index (χ2n) is 17.9. The molecule has 1 aromatic heterocycles. The van der Waals surface area contributed by atoms with E-state index < -0.39 is 35.4 Å². The van der Waals surface area contributed by atoms with Crippen LogP contribution in [0.15, 0.2) is 136 Å². The molecule has 5 aliphatic rings. The van der Waals surface area contributed by atoms with Gasteiger partial charge in [-0.3, -0.25) is 4.79 Å². The van der Waals surface area contributed by atoms with Gasteiger partial charge in [0.25, 0.3) is 0 Å². The van der Waals surface area contributed by atoms with Crippen molar-refractivity contribution in [2.45, 2.75) is 115 Å². The van der Waals surface area contributed by atoms with E-state index in [1.807, 2.05) is 39.0 Å². The van der Waals surface area contributed by atoms with Crippen LogP contribution in [0, 0.1) is 11.8 Å². The third-order valence-electron chi connectivity index (χ3n) is 13.7. The van der Waals surface area contributed by atoms with Gasteiger partial charge < -0.3 is 18.6 Å². The maximum atomic E-state index is 14.9. The largest absolute Gasteiger partial charge is 0.483 e. The maximum Gasteiger partial charge on any atom is 0.336 e. The first-order chi connectivity index (χ1) is 29.1. The van der Waals surface area contributed by atoms with Crippen LogP contribution in [0.5, 0.6) is 5.75 Å². The summed E-state index contributed by atoms with van der Waals surface area (Å²) in [6.07, 6.45) is 10.3. The SMILES string of the molecule is CC(C)=C1CCc2ccc(cc2)C2C=CC(c3cccc(Cc4ccccc4)c3)CC2CC(=O)OC2c3c(ccc4ccc(=O)oc34)OC(C)(C3CCCCC3)C2OC1=O. The van der Waals surface area contributed by atoms with Crippen molar-refractivity contribution in [2.24, 2.45) is 11.8 Å². The van der Waals surface area contributed by atoms with Crippen molar-refractivity contribution < 1.29 is 28.2 Å². The summed E-state index contributed by atoms with van der Waals surface area (Å²) in [6, 6.07) is 34.8. The normalized spacial score (nSPS) is 26.0. The molecule has 2 aliphatic carbocycles. The molecule has 0 radical (unpaired) electrons. The molecule has 6 atom stereocenters. The van der Waals surface area contributed by atoms with Crippen molar-refractivity contribution >= 4 is 22.9 Å². The zero-order valence-electron chi connectivity index (χ0n) is 34.9. The van der Waals surface area contributed by atoms with Crippen molar-refractivity contribution in [3.63, 3.8) is 0 Å². The second kappa shape index (κ2) is 16.8. The van der Waals surface area contributed by atoms with E-state index in [0.717, 1.165) is 61.6 Å². The molecule has 60 heavy (non-hydrogen) atoms. The Morgan fingerprint density at radius 2 is 1.52 bits per heavy atom. The van der Waals surface area contributed by atoms with Crippen LogP contribution in [-0.4, -0.2) is 23.6 Å². The van der Waals surface area contributed by atoms with Crippen LogP contribution in [0.2, 0.25) is 0 Å². The van der Waals surface area contributed by atoms with E-state index in [2.05, 4.69) is 84.9 Å². The lowest BCUT2D eigenvalue weighted by atomic mass is 9.71. The Morgan fingerprint density at radius 1 is 0.750 bits per heavy atom. The highest BCUT2D eigenvalue weighted by Gasteiger charge is 2.56. The van der Waals surface area contributed by atoms with E-state index in [9.17, 15) is 14.4 Å². The quantitative estimate of drug-likeness (QED) is 0.0773. The van der Waals surface area contributed by atoms with E-state index in [1.165, 1.54) is 22.8 Å². The minimum Gasteiger partial charge on any atom is -0.483 e. The van der Waals surface area contributed by atoms with Gasteiger partial charge in [0, 0.05) is 41.2 Å². The zero-order valence-corrected chi connectivity index (χ0v) is 34.9. The Balaban J connectivity index is 1.13. The highest BCUT2D eigenvalue weighted by Crippen LogP contribution is 2.52. The Labute approximate surface area is 352 Å². The molecule has 308 valence electrons. The van der Waals surface area contributed by atoms with Crippen LogP contribution in [0.1, 0.15) is 123 Å². The minimum absolute atomic E-state index is 0.0152. The van der Waals surface area contributed by atoms with Crippen molar-refractivity contribution in [3.05, 3.63) is 170 Å². The summed E-state index contributed by atoms with van der Waals surface area (Å²) in [7, 11) is 0. The van der Waals surface area contributed by atoms with Crippen LogP contribution in [0.4, 0.5) is 0 Å². The van der Waals surface area contributed by atoms with Crippen LogP contribution in [0.3, 0.4) is 0 Å². The summed E-state index contributed by atoms with van der Waals surface area (Å²) >= 11 is 0. The molecule has 7 nitrogen and oxygen atoms in total. The number of ether oxygens (including phenoxy) is 3. The number of carbonyl (C=O) groups excluding carboxylic acids is 2. The van der Waals surface area contributed by atoms with Crippen molar-refractivity contribution in [1.29, 1.82) is 0 Å². The van der Waals surface area contributed by atoms with E-state index in [-0.39, 0.29) is 35.7 Å². The smallest absolute Gasteiger partial charge is 0.336 e. The van der Waals surface area contributed by atoms with Gasteiger partial charge in [0.05, 0.1) is 5.56 Å². The van der Waals surface area contributed by atoms with Crippen molar-refractivity contribution in [2.75, 3.05) is 0 Å². The number of benzene rings is 4. The number of hydrogen-bond acceptors (Lipinski definition) is 7. The number of rotatable bonds is 4. The topological polar surface area (TPSA) is 92.0 Å². The van der Waals surface area contributed by atoms with E-state index in [1.54, 1.807) is 6.07 Å². The van der Waals surface area contributed by atoms with Gasteiger partial charge in [-0.05, 0) is 111 Å². The molecule has 0 saturated heterocycles. The molecule has 3 aliphatic heterocycles. The van der Waals surface area contributed by atoms with E-state index in [0.29, 0.717) is 35.1 Å². The number of esters is 2. The average molecular weight is 803 g/mol. The molecular formula is C53H54O7. The lowest BCUT2D eigenvalue weighted by Crippen LogP contribution is -2.58. The molecule has 0 spiro atoms. The first-order valence-corrected chi connectivity index (χ1v) is 21.9. The molecule has 2 bridgehead atoms. The molecule has 10 rings (SSSR count). The Morgan fingerprint density at radius 3 is 2.30 bits per heavy atom. The van der Waals surface area contributed by atoms with Crippen LogP contribution < -0.4 is 10.4 Å². The van der Waals surface area contributed by atoms with Gasteiger partial charge in [-0.15, -0.1) is 0 Å². The summed E-state index contributed by atoms with van der Waals surface area (Å²) in [5, 5.41) is 0.661. The molecule has 4 aromatic carbocycles. The fourth-order valence-electron chi connectivity index (χ4n) is 10.4. The monoisotopic (exact) mass is 802 g/mol. The van der Waals surface area contributed by atoms with Gasteiger partial charge in [-0.1, -0.05) is 116 Å². The van der Waals surface area contributed by atoms with E-state index in [4.69, 9.17) is 18.6 Å². The van der Waals surface area contributed by atoms with Crippen LogP contribution in [-0.2, 0) is 31.9 Å². The van der Waals surface area contributed by atoms with Crippen LogP contribution in [0.25, 0.3) is 11.0 Å². The Kier molecular flexibility index (Phi) is 11.1. The first-order valence-electron chi connectivity index (χ1n) is 21.9. The predicted octanol–water partition coefficient (Wildman–Crippen LogP) is 11.4. The zero-order chi connectivity index (χ0) is 41.4. The lowest BCUT2D eigenvalue weighted by molar-refractivity contribution is -0.201. The molecule has 1 fully saturated rings. The standard InChI is InChI=1S/C53H54O7/c1-33(2)43-25-19-34-17-20-37(21-18-34)44-26-22-40(39-14-10-13-36(30-39)29-35-11-6-4-7-12-35)31-41(44)32-47(55)58-50-48-45(27-23-38-24-28-46(54)57-49(38)48)60-53(3,51(50)59-52(43)56)42-15-8-5-9-16-42/h4,6-7,10-14,17-18,20-24,26-28,30,40-42,44,50-51H,5,8-9,15-16,19,25,29,31-32H2,1-3H3. The molecule has 0 amide bonds. The highest BCUT2D eigenvalue weighted by atomic mass is 16.6. The highest BCUT2D eigenvalue weighted by molar-refractivity contribution is 5.90. The van der Waals surface area contributed by atoms with Gasteiger partial charge in [0.1, 0.15) is 16.9 Å². The lowest BCUT2D eigenvalue weighted by Gasteiger charge is -2.50. The summed E-state index contributed by atoms with van der Waals surface area (Å²) in [5.41, 5.74) is 6.60.